The van der Waals surface area contributed by atoms with Gasteiger partial charge in [0, 0.05) is 30.7 Å². The molecule has 0 aliphatic carbocycles. The van der Waals surface area contributed by atoms with E-state index in [9.17, 15) is 24.8 Å². The minimum absolute atomic E-state index is 0.0249. The van der Waals surface area contributed by atoms with Gasteiger partial charge in [-0.3, -0.25) is 19.7 Å². The molecule has 2 amide bonds. The molecule has 8 nitrogen and oxygen atoms in total. The van der Waals surface area contributed by atoms with Gasteiger partial charge in [-0.25, -0.2) is 0 Å². The number of amides is 2. The minimum atomic E-state index is -0.617. The fourth-order valence-electron chi connectivity index (χ4n) is 2.18. The largest absolute Gasteiger partial charge is 0.392 e. The Labute approximate surface area is 113 Å². The molecule has 8 heteroatoms. The quantitative estimate of drug-likeness (QED) is 0.589. The van der Waals surface area contributed by atoms with Crippen molar-refractivity contribution in [3.63, 3.8) is 0 Å². The topological polar surface area (TPSA) is 127 Å². The van der Waals surface area contributed by atoms with Crippen molar-refractivity contribution in [1.29, 1.82) is 0 Å². The Hall–Kier alpha value is -2.48. The van der Waals surface area contributed by atoms with Gasteiger partial charge in [-0.2, -0.15) is 0 Å². The SMILES string of the molecule is NC(=O)C1CC(=O)N(c2cc([N+](=O)[O-])ccc2CO)C1. The summed E-state index contributed by atoms with van der Waals surface area (Å²) < 4.78 is 0. The van der Waals surface area contributed by atoms with Crippen LogP contribution < -0.4 is 10.6 Å². The van der Waals surface area contributed by atoms with Crippen molar-refractivity contribution in [1.82, 2.24) is 0 Å². The fraction of sp³-hybridized carbons (Fsp3) is 0.333. The van der Waals surface area contributed by atoms with Crippen LogP contribution in [0.2, 0.25) is 0 Å². The minimum Gasteiger partial charge on any atom is -0.392 e. The predicted octanol–water partition coefficient (Wildman–Crippen LogP) is -0.0747. The maximum atomic E-state index is 11.9. The molecular formula is C12H13N3O5. The first-order valence-electron chi connectivity index (χ1n) is 5.92. The van der Waals surface area contributed by atoms with Crippen LogP contribution >= 0.6 is 0 Å². The second kappa shape index (κ2) is 5.25. The van der Waals surface area contributed by atoms with Crippen LogP contribution in [0.25, 0.3) is 0 Å². The average molecular weight is 279 g/mol. The van der Waals surface area contributed by atoms with E-state index in [0.717, 1.165) is 0 Å². The van der Waals surface area contributed by atoms with Crippen LogP contribution in [-0.4, -0.2) is 28.4 Å². The van der Waals surface area contributed by atoms with Gasteiger partial charge < -0.3 is 15.7 Å². The summed E-state index contributed by atoms with van der Waals surface area (Å²) in [6, 6.07) is 3.85. The van der Waals surface area contributed by atoms with Gasteiger partial charge in [0.25, 0.3) is 5.69 Å². The molecule has 1 saturated heterocycles. The molecule has 0 radical (unpaired) electrons. The second-order valence-electron chi connectivity index (χ2n) is 4.54. The van der Waals surface area contributed by atoms with Crippen molar-refractivity contribution in [2.45, 2.75) is 13.0 Å². The summed E-state index contributed by atoms with van der Waals surface area (Å²) in [5.41, 5.74) is 5.62. The number of nitro groups is 1. The Kier molecular flexibility index (Phi) is 3.66. The summed E-state index contributed by atoms with van der Waals surface area (Å²) in [6.07, 6.45) is -0.0249. The number of aliphatic hydroxyl groups excluding tert-OH is 1. The van der Waals surface area contributed by atoms with Crippen LogP contribution in [0.5, 0.6) is 0 Å². The van der Waals surface area contributed by atoms with Crippen LogP contribution in [0.1, 0.15) is 12.0 Å². The monoisotopic (exact) mass is 279 g/mol. The van der Waals surface area contributed by atoms with Gasteiger partial charge >= 0.3 is 0 Å². The number of primary amides is 1. The molecule has 1 aromatic carbocycles. The van der Waals surface area contributed by atoms with Crippen molar-refractivity contribution < 1.29 is 19.6 Å². The number of hydrogen-bond acceptors (Lipinski definition) is 5. The molecular weight excluding hydrogens is 266 g/mol. The number of nitrogens with two attached hydrogens (primary N) is 1. The van der Waals surface area contributed by atoms with Crippen LogP contribution in [0.15, 0.2) is 18.2 Å². The zero-order valence-electron chi connectivity index (χ0n) is 10.5. The van der Waals surface area contributed by atoms with E-state index >= 15 is 0 Å². The first-order valence-corrected chi connectivity index (χ1v) is 5.92. The number of non-ortho nitro benzene ring substituents is 1. The van der Waals surface area contributed by atoms with Gasteiger partial charge in [-0.15, -0.1) is 0 Å². The number of carbonyl (C=O) groups is 2. The third-order valence-corrected chi connectivity index (χ3v) is 3.27. The van der Waals surface area contributed by atoms with Crippen LogP contribution in [0.3, 0.4) is 0 Å². The molecule has 1 atom stereocenters. The summed E-state index contributed by atoms with van der Waals surface area (Å²) in [5.74, 6) is -1.55. The lowest BCUT2D eigenvalue weighted by Crippen LogP contribution is -2.29. The van der Waals surface area contributed by atoms with E-state index in [0.29, 0.717) is 5.56 Å². The number of nitrogens with zero attached hydrogens (tertiary/aromatic N) is 2. The lowest BCUT2D eigenvalue weighted by molar-refractivity contribution is -0.384. The Morgan fingerprint density at radius 2 is 2.25 bits per heavy atom. The average Bonchev–Trinajstić information content (AvgIpc) is 2.80. The van der Waals surface area contributed by atoms with Crippen molar-refractivity contribution >= 4 is 23.2 Å². The highest BCUT2D eigenvalue weighted by atomic mass is 16.6. The molecule has 1 aliphatic rings. The molecule has 0 saturated carbocycles. The summed E-state index contributed by atoms with van der Waals surface area (Å²) >= 11 is 0. The molecule has 1 fully saturated rings. The molecule has 0 aromatic heterocycles. The number of benzene rings is 1. The maximum Gasteiger partial charge on any atom is 0.271 e. The van der Waals surface area contributed by atoms with E-state index in [1.807, 2.05) is 0 Å². The van der Waals surface area contributed by atoms with E-state index in [2.05, 4.69) is 0 Å². The second-order valence-corrected chi connectivity index (χ2v) is 4.54. The molecule has 1 heterocycles. The lowest BCUT2D eigenvalue weighted by atomic mass is 10.1. The number of nitro benzene ring substituents is 1. The smallest absolute Gasteiger partial charge is 0.271 e. The summed E-state index contributed by atoms with van der Waals surface area (Å²) in [4.78, 5) is 34.5. The van der Waals surface area contributed by atoms with Gasteiger partial charge in [-0.1, -0.05) is 0 Å². The van der Waals surface area contributed by atoms with Crippen LogP contribution in [0, 0.1) is 16.0 Å². The lowest BCUT2D eigenvalue weighted by Gasteiger charge is -2.19. The zero-order chi connectivity index (χ0) is 14.9. The Balaban J connectivity index is 2.40. The number of carbonyl (C=O) groups excluding carboxylic acids is 2. The van der Waals surface area contributed by atoms with Crippen molar-refractivity contribution in [3.05, 3.63) is 33.9 Å². The van der Waals surface area contributed by atoms with E-state index in [1.54, 1.807) is 0 Å². The highest BCUT2D eigenvalue weighted by Gasteiger charge is 2.35. The van der Waals surface area contributed by atoms with E-state index in [4.69, 9.17) is 5.73 Å². The Bertz CT molecular complexity index is 586. The van der Waals surface area contributed by atoms with Gasteiger partial charge in [0.05, 0.1) is 23.1 Å². The Morgan fingerprint density at radius 1 is 1.55 bits per heavy atom. The first-order chi connectivity index (χ1) is 9.43. The number of anilines is 1. The summed E-state index contributed by atoms with van der Waals surface area (Å²) in [6.45, 7) is -0.291. The molecule has 1 aliphatic heterocycles. The molecule has 1 aromatic rings. The number of rotatable bonds is 4. The molecule has 106 valence electrons. The normalized spacial score (nSPS) is 18.4. The predicted molar refractivity (Wildman–Crippen MR) is 68.7 cm³/mol. The van der Waals surface area contributed by atoms with Crippen molar-refractivity contribution in [3.8, 4) is 0 Å². The standard InChI is InChI=1S/C12H13N3O5/c13-12(18)8-3-11(17)14(5-8)10-4-9(15(19)20)2-1-7(10)6-16/h1-2,4,8,16H,3,5-6H2,(H2,13,18). The third-order valence-electron chi connectivity index (χ3n) is 3.27. The molecule has 3 N–H and O–H groups in total. The number of aliphatic hydroxyl groups is 1. The fourth-order valence-corrected chi connectivity index (χ4v) is 2.18. The summed E-state index contributed by atoms with van der Waals surface area (Å²) in [5, 5.41) is 20.1. The maximum absolute atomic E-state index is 11.9. The highest BCUT2D eigenvalue weighted by molar-refractivity contribution is 6.00. The molecule has 0 spiro atoms. The number of hydrogen-bond donors (Lipinski definition) is 2. The zero-order valence-corrected chi connectivity index (χ0v) is 10.5. The van der Waals surface area contributed by atoms with Gasteiger partial charge in [0.1, 0.15) is 0 Å². The van der Waals surface area contributed by atoms with Gasteiger partial charge in [-0.05, 0) is 6.07 Å². The van der Waals surface area contributed by atoms with Crippen LogP contribution in [-0.2, 0) is 16.2 Å². The highest BCUT2D eigenvalue weighted by Crippen LogP contribution is 2.31. The molecule has 20 heavy (non-hydrogen) atoms. The van der Waals surface area contributed by atoms with Crippen molar-refractivity contribution in [2.24, 2.45) is 11.7 Å². The third kappa shape index (κ3) is 2.45. The molecule has 0 bridgehead atoms. The van der Waals surface area contributed by atoms with Gasteiger partial charge in [0.2, 0.25) is 11.8 Å². The summed E-state index contributed by atoms with van der Waals surface area (Å²) in [7, 11) is 0. The van der Waals surface area contributed by atoms with Crippen LogP contribution in [0.4, 0.5) is 11.4 Å². The van der Waals surface area contributed by atoms with E-state index in [1.165, 1.54) is 23.1 Å². The Morgan fingerprint density at radius 3 is 2.75 bits per heavy atom. The molecule has 2 rings (SSSR count). The first kappa shape index (κ1) is 13.9. The molecule has 1 unspecified atom stereocenters. The van der Waals surface area contributed by atoms with E-state index in [-0.39, 0.29) is 36.9 Å². The van der Waals surface area contributed by atoms with E-state index < -0.39 is 16.7 Å². The van der Waals surface area contributed by atoms with Gasteiger partial charge in [0.15, 0.2) is 0 Å². The van der Waals surface area contributed by atoms with Crippen molar-refractivity contribution in [2.75, 3.05) is 11.4 Å².